The number of carbonyl (C=O) groups excluding carboxylic acids is 1. The predicted molar refractivity (Wildman–Crippen MR) is 42.3 cm³/mol. The summed E-state index contributed by atoms with van der Waals surface area (Å²) in [5, 5.41) is 0. The van der Waals surface area contributed by atoms with Crippen molar-refractivity contribution in [2.75, 3.05) is 19.6 Å². The summed E-state index contributed by atoms with van der Waals surface area (Å²) in [4.78, 5) is 12.3. The van der Waals surface area contributed by atoms with Crippen LogP contribution in [0.3, 0.4) is 0 Å². The number of carbonyl (C=O) groups is 1. The van der Waals surface area contributed by atoms with Crippen molar-refractivity contribution in [3.63, 3.8) is 0 Å². The first-order valence-electron chi connectivity index (χ1n) is 4.05. The number of cyclic esters (lactones) is 2. The van der Waals surface area contributed by atoms with Gasteiger partial charge in [0.2, 0.25) is 0 Å². The molecule has 0 aromatic carbocycles. The summed E-state index contributed by atoms with van der Waals surface area (Å²) in [6.07, 6.45) is -0.646. The highest BCUT2D eigenvalue weighted by Gasteiger charge is 2.51. The fraction of sp³-hybridized carbons (Fsp3) is 0.857. The minimum atomic E-state index is -0.986. The minimum absolute atomic E-state index is 0.167. The number of likely N-dealkylation sites (N-methyl/N-ethyl adjacent to an activating group) is 1. The monoisotopic (exact) mass is 174 g/mol. The molecule has 2 N–H and O–H groups in total. The van der Waals surface area contributed by atoms with E-state index in [0.717, 1.165) is 13.1 Å². The molecular weight excluding hydrogens is 160 g/mol. The van der Waals surface area contributed by atoms with Gasteiger partial charge >= 0.3 is 12.1 Å². The van der Waals surface area contributed by atoms with Crippen LogP contribution in [-0.4, -0.2) is 36.6 Å². The lowest BCUT2D eigenvalue weighted by molar-refractivity contribution is -0.337. The first-order valence-corrected chi connectivity index (χ1v) is 4.05. The van der Waals surface area contributed by atoms with Crippen LogP contribution in [0.1, 0.15) is 13.8 Å². The molecule has 1 heterocycles. The van der Waals surface area contributed by atoms with Crippen LogP contribution in [0.4, 0.5) is 4.79 Å². The molecule has 5 nitrogen and oxygen atoms in total. The topological polar surface area (TPSA) is 64.8 Å². The summed E-state index contributed by atoms with van der Waals surface area (Å²) in [6, 6.07) is 0. The molecule has 1 fully saturated rings. The molecule has 0 bridgehead atoms. The van der Waals surface area contributed by atoms with Crippen LogP contribution in [-0.2, 0) is 9.47 Å². The van der Waals surface area contributed by atoms with Crippen LogP contribution in [0.2, 0.25) is 0 Å². The second kappa shape index (κ2) is 3.28. The number of rotatable bonds is 4. The molecule has 0 unspecified atom stereocenters. The molecule has 0 atom stereocenters. The summed E-state index contributed by atoms with van der Waals surface area (Å²) in [5.74, 6) is -0.986. The molecule has 0 aliphatic carbocycles. The second-order valence-electron chi connectivity index (χ2n) is 2.54. The van der Waals surface area contributed by atoms with E-state index in [1.54, 1.807) is 0 Å². The molecule has 1 rings (SSSR count). The van der Waals surface area contributed by atoms with Crippen molar-refractivity contribution >= 4 is 6.16 Å². The van der Waals surface area contributed by atoms with Gasteiger partial charge in [-0.2, -0.15) is 0 Å². The maximum atomic E-state index is 10.5. The molecule has 12 heavy (non-hydrogen) atoms. The van der Waals surface area contributed by atoms with Crippen LogP contribution in [0.5, 0.6) is 0 Å². The van der Waals surface area contributed by atoms with Gasteiger partial charge in [0.25, 0.3) is 0 Å². The summed E-state index contributed by atoms with van der Waals surface area (Å²) in [5.41, 5.74) is 5.44. The van der Waals surface area contributed by atoms with Crippen molar-refractivity contribution in [1.29, 1.82) is 0 Å². The van der Waals surface area contributed by atoms with Crippen molar-refractivity contribution in [3.05, 3.63) is 0 Å². The van der Waals surface area contributed by atoms with Crippen molar-refractivity contribution in [3.8, 4) is 0 Å². The number of hydrogen-bond donors (Lipinski definition) is 1. The van der Waals surface area contributed by atoms with E-state index in [2.05, 4.69) is 0 Å². The van der Waals surface area contributed by atoms with Gasteiger partial charge in [-0.05, 0) is 0 Å². The van der Waals surface area contributed by atoms with Gasteiger partial charge in [0.15, 0.2) is 0 Å². The van der Waals surface area contributed by atoms with Crippen LogP contribution >= 0.6 is 0 Å². The molecule has 0 spiro atoms. The molecule has 0 aromatic rings. The number of hydrogen-bond acceptors (Lipinski definition) is 5. The quantitative estimate of drug-likeness (QED) is 0.613. The lowest BCUT2D eigenvalue weighted by Crippen LogP contribution is -2.65. The third-order valence-corrected chi connectivity index (χ3v) is 1.99. The summed E-state index contributed by atoms with van der Waals surface area (Å²) in [6.45, 7) is 5.55. The van der Waals surface area contributed by atoms with Crippen molar-refractivity contribution in [2.24, 2.45) is 5.73 Å². The third-order valence-electron chi connectivity index (χ3n) is 1.99. The van der Waals surface area contributed by atoms with Crippen molar-refractivity contribution in [1.82, 2.24) is 4.90 Å². The van der Waals surface area contributed by atoms with Gasteiger partial charge in [-0.15, -0.1) is 0 Å². The van der Waals surface area contributed by atoms with Gasteiger partial charge in [-0.25, -0.2) is 9.69 Å². The number of nitrogens with two attached hydrogens (primary N) is 1. The van der Waals surface area contributed by atoms with Gasteiger partial charge in [0, 0.05) is 13.1 Å². The van der Waals surface area contributed by atoms with Gasteiger partial charge in [0.05, 0.1) is 6.54 Å². The Morgan fingerprint density at radius 1 is 1.42 bits per heavy atom. The molecule has 0 amide bonds. The average Bonchev–Trinajstić information content (AvgIpc) is 2.02. The van der Waals surface area contributed by atoms with Gasteiger partial charge < -0.3 is 15.2 Å². The Morgan fingerprint density at radius 3 is 2.17 bits per heavy atom. The van der Waals surface area contributed by atoms with Crippen LogP contribution in [0.15, 0.2) is 0 Å². The highest BCUT2D eigenvalue weighted by molar-refractivity contribution is 5.65. The highest BCUT2D eigenvalue weighted by Crippen LogP contribution is 2.27. The summed E-state index contributed by atoms with van der Waals surface area (Å²) >= 11 is 0. The van der Waals surface area contributed by atoms with Crippen molar-refractivity contribution < 1.29 is 14.3 Å². The van der Waals surface area contributed by atoms with E-state index in [1.165, 1.54) is 0 Å². The maximum absolute atomic E-state index is 10.5. The molecule has 0 radical (unpaired) electrons. The molecule has 0 saturated carbocycles. The van der Waals surface area contributed by atoms with E-state index < -0.39 is 12.1 Å². The zero-order valence-electron chi connectivity index (χ0n) is 7.37. The average molecular weight is 174 g/mol. The van der Waals surface area contributed by atoms with E-state index in [1.807, 2.05) is 18.7 Å². The highest BCUT2D eigenvalue weighted by atomic mass is 16.9. The van der Waals surface area contributed by atoms with Crippen molar-refractivity contribution in [2.45, 2.75) is 19.8 Å². The zero-order chi connectivity index (χ0) is 9.19. The lowest BCUT2D eigenvalue weighted by Gasteiger charge is -2.45. The van der Waals surface area contributed by atoms with E-state index in [-0.39, 0.29) is 6.54 Å². The largest absolute Gasteiger partial charge is 0.517 e. The molecule has 1 aliphatic rings. The Labute approximate surface area is 71.4 Å². The number of ether oxygens (including phenoxy) is 2. The van der Waals surface area contributed by atoms with E-state index in [9.17, 15) is 4.79 Å². The molecule has 5 heteroatoms. The Bertz CT molecular complexity index is 171. The van der Waals surface area contributed by atoms with E-state index in [4.69, 9.17) is 15.2 Å². The van der Waals surface area contributed by atoms with Crippen LogP contribution < -0.4 is 5.73 Å². The van der Waals surface area contributed by atoms with Gasteiger partial charge in [-0.3, -0.25) is 0 Å². The molecule has 0 aromatic heterocycles. The number of nitrogens with zero attached hydrogens (tertiary/aromatic N) is 1. The molecular formula is C7H14N2O3. The van der Waals surface area contributed by atoms with Gasteiger partial charge in [0.1, 0.15) is 0 Å². The van der Waals surface area contributed by atoms with Crippen LogP contribution in [0, 0.1) is 0 Å². The Balaban J connectivity index is 2.60. The first-order chi connectivity index (χ1) is 5.68. The SMILES string of the molecule is CCN(CC)C1(CN)OC(=O)O1. The van der Waals surface area contributed by atoms with E-state index in [0.29, 0.717) is 0 Å². The van der Waals surface area contributed by atoms with Gasteiger partial charge in [-0.1, -0.05) is 13.8 Å². The minimum Gasteiger partial charge on any atom is -0.375 e. The van der Waals surface area contributed by atoms with Crippen LogP contribution in [0.25, 0.3) is 0 Å². The fourth-order valence-electron chi connectivity index (χ4n) is 1.32. The predicted octanol–water partition coefficient (Wildman–Crippen LogP) is 0.107. The molecule has 70 valence electrons. The summed E-state index contributed by atoms with van der Waals surface area (Å²) in [7, 11) is 0. The first kappa shape index (κ1) is 9.28. The molecule has 1 aliphatic heterocycles. The molecule has 1 saturated heterocycles. The zero-order valence-corrected chi connectivity index (χ0v) is 7.37. The lowest BCUT2D eigenvalue weighted by atomic mass is 10.3. The summed E-state index contributed by atoms with van der Waals surface area (Å²) < 4.78 is 9.72. The maximum Gasteiger partial charge on any atom is 0.517 e. The second-order valence-corrected chi connectivity index (χ2v) is 2.54. The Morgan fingerprint density at radius 2 is 1.92 bits per heavy atom. The normalized spacial score (nSPS) is 19.8. The standard InChI is InChI=1S/C7H14N2O3/c1-3-9(4-2)7(5-8)11-6(10)12-7/h3-5,8H2,1-2H3. The Hall–Kier alpha value is -0.810. The van der Waals surface area contributed by atoms with E-state index >= 15 is 0 Å². The smallest absolute Gasteiger partial charge is 0.375 e. The fourth-order valence-corrected chi connectivity index (χ4v) is 1.32. The Kier molecular flexibility index (Phi) is 2.54. The third kappa shape index (κ3) is 1.25.